The van der Waals surface area contributed by atoms with Crippen LogP contribution < -0.4 is 5.73 Å². The van der Waals surface area contributed by atoms with Gasteiger partial charge in [-0.1, -0.05) is 25.2 Å². The molecule has 4 nitrogen and oxygen atoms in total. The van der Waals surface area contributed by atoms with Gasteiger partial charge in [-0.05, 0) is 12.1 Å². The van der Waals surface area contributed by atoms with E-state index in [1.165, 1.54) is 11.3 Å². The van der Waals surface area contributed by atoms with Crippen molar-refractivity contribution in [3.05, 3.63) is 30.7 Å². The number of nitrogen functional groups attached to an aromatic ring is 1. The fourth-order valence-electron chi connectivity index (χ4n) is 1.54. The molecule has 3 aromatic rings. The predicted octanol–water partition coefficient (Wildman–Crippen LogP) is 3.29. The number of thiazole rings is 1. The van der Waals surface area contributed by atoms with Crippen molar-refractivity contribution < 1.29 is 0 Å². The van der Waals surface area contributed by atoms with Gasteiger partial charge < -0.3 is 10.7 Å². The highest BCUT2D eigenvalue weighted by molar-refractivity contribution is 7.18. The van der Waals surface area contributed by atoms with E-state index < -0.39 is 0 Å². The number of rotatable bonds is 1. The van der Waals surface area contributed by atoms with Crippen LogP contribution in [0.4, 0.5) is 5.00 Å². The molecule has 0 atom stereocenters. The van der Waals surface area contributed by atoms with Gasteiger partial charge in [0, 0.05) is 23.3 Å². The maximum atomic E-state index is 5.66. The molecule has 17 heavy (non-hydrogen) atoms. The highest BCUT2D eigenvalue weighted by Crippen LogP contribution is 2.31. The van der Waals surface area contributed by atoms with Crippen LogP contribution in [0.5, 0.6) is 0 Å². The van der Waals surface area contributed by atoms with Crippen LogP contribution in [-0.2, 0) is 0 Å². The first-order chi connectivity index (χ1) is 8.34. The first kappa shape index (κ1) is 11.6. The van der Waals surface area contributed by atoms with E-state index in [0.717, 1.165) is 26.6 Å². The normalized spacial score (nSPS) is 10.0. The van der Waals surface area contributed by atoms with E-state index in [0.29, 0.717) is 0 Å². The second-order valence-electron chi connectivity index (χ2n) is 3.17. The lowest BCUT2D eigenvalue weighted by Gasteiger charge is -1.91. The van der Waals surface area contributed by atoms with Crippen molar-refractivity contribution in [1.29, 1.82) is 0 Å². The molecule has 88 valence electrons. The number of nitrogens with one attached hydrogen (secondary N) is 1. The second kappa shape index (κ2) is 4.97. The van der Waals surface area contributed by atoms with Gasteiger partial charge in [0.1, 0.15) is 15.7 Å². The van der Waals surface area contributed by atoms with E-state index in [1.54, 1.807) is 12.4 Å². The Morgan fingerprint density at radius 3 is 2.82 bits per heavy atom. The maximum absolute atomic E-state index is 5.66. The van der Waals surface area contributed by atoms with Crippen LogP contribution >= 0.6 is 11.3 Å². The van der Waals surface area contributed by atoms with Crippen LogP contribution in [0.2, 0.25) is 0 Å². The molecular formula is C12H14N4S. The van der Waals surface area contributed by atoms with E-state index in [4.69, 9.17) is 5.73 Å². The zero-order valence-electron chi connectivity index (χ0n) is 9.77. The zero-order chi connectivity index (χ0) is 12.3. The quantitative estimate of drug-likeness (QED) is 0.692. The summed E-state index contributed by atoms with van der Waals surface area (Å²) in [5, 5.41) is 2.72. The Kier molecular flexibility index (Phi) is 3.39. The molecule has 0 bridgehead atoms. The van der Waals surface area contributed by atoms with Crippen LogP contribution in [0.15, 0.2) is 30.7 Å². The highest BCUT2D eigenvalue weighted by Gasteiger charge is 2.09. The third-order valence-corrected chi connectivity index (χ3v) is 3.06. The van der Waals surface area contributed by atoms with Crippen LogP contribution in [0, 0.1) is 0 Å². The Bertz CT molecular complexity index is 612. The van der Waals surface area contributed by atoms with E-state index >= 15 is 0 Å². The number of pyridine rings is 1. The number of aromatic nitrogens is 3. The Balaban J connectivity index is 0.000000514. The fourth-order valence-corrected chi connectivity index (χ4v) is 2.26. The highest BCUT2D eigenvalue weighted by atomic mass is 32.1. The molecule has 0 aromatic carbocycles. The van der Waals surface area contributed by atoms with Crippen molar-refractivity contribution in [2.24, 2.45) is 0 Å². The van der Waals surface area contributed by atoms with Crippen molar-refractivity contribution >= 4 is 27.4 Å². The van der Waals surface area contributed by atoms with Crippen LogP contribution in [-0.4, -0.2) is 15.0 Å². The molecule has 0 saturated carbocycles. The summed E-state index contributed by atoms with van der Waals surface area (Å²) in [4.78, 5) is 11.6. The standard InChI is InChI=1S/C10H8N4S.C2H6/c11-8-5-14-10(15-8)7-4-13-9-6(7)2-1-3-12-9;1-2/h1-5H,11H2,(H,12,13);1-2H3. The van der Waals surface area contributed by atoms with Crippen molar-refractivity contribution in [2.45, 2.75) is 13.8 Å². The number of aromatic amines is 1. The summed E-state index contributed by atoms with van der Waals surface area (Å²) in [5.41, 5.74) is 7.59. The Morgan fingerprint density at radius 2 is 2.12 bits per heavy atom. The van der Waals surface area contributed by atoms with Crippen molar-refractivity contribution in [3.8, 4) is 10.6 Å². The number of H-pyrrole nitrogens is 1. The number of hydrogen-bond acceptors (Lipinski definition) is 4. The molecule has 3 aromatic heterocycles. The summed E-state index contributed by atoms with van der Waals surface area (Å²) < 4.78 is 0. The second-order valence-corrected chi connectivity index (χ2v) is 4.23. The van der Waals surface area contributed by atoms with Gasteiger partial charge in [0.25, 0.3) is 0 Å². The van der Waals surface area contributed by atoms with Crippen molar-refractivity contribution in [1.82, 2.24) is 15.0 Å². The van der Waals surface area contributed by atoms with E-state index in [1.807, 2.05) is 32.2 Å². The van der Waals surface area contributed by atoms with Gasteiger partial charge in [-0.15, -0.1) is 0 Å². The minimum Gasteiger partial charge on any atom is -0.389 e. The molecule has 0 aliphatic rings. The molecule has 0 aliphatic heterocycles. The average Bonchev–Trinajstić information content (AvgIpc) is 2.97. The number of hydrogen-bond donors (Lipinski definition) is 2. The molecular weight excluding hydrogens is 232 g/mol. The fraction of sp³-hybridized carbons (Fsp3) is 0.167. The molecule has 5 heteroatoms. The molecule has 0 aliphatic carbocycles. The lowest BCUT2D eigenvalue weighted by atomic mass is 10.2. The predicted molar refractivity (Wildman–Crippen MR) is 73.0 cm³/mol. The van der Waals surface area contributed by atoms with Crippen LogP contribution in [0.1, 0.15) is 13.8 Å². The Hall–Kier alpha value is -1.88. The Labute approximate surface area is 104 Å². The third kappa shape index (κ3) is 2.14. The summed E-state index contributed by atoms with van der Waals surface area (Å²) in [6.45, 7) is 4.00. The molecule has 0 amide bonds. The third-order valence-electron chi connectivity index (χ3n) is 2.21. The molecule has 0 radical (unpaired) electrons. The van der Waals surface area contributed by atoms with Crippen LogP contribution in [0.25, 0.3) is 21.6 Å². The van der Waals surface area contributed by atoms with Crippen molar-refractivity contribution in [3.63, 3.8) is 0 Å². The van der Waals surface area contributed by atoms with Gasteiger partial charge in [0.05, 0.1) is 6.20 Å². The summed E-state index contributed by atoms with van der Waals surface area (Å²) in [6.07, 6.45) is 5.35. The molecule has 0 spiro atoms. The summed E-state index contributed by atoms with van der Waals surface area (Å²) >= 11 is 1.48. The number of nitrogens with two attached hydrogens (primary N) is 1. The van der Waals surface area contributed by atoms with Gasteiger partial charge >= 0.3 is 0 Å². The number of fused-ring (bicyclic) bond motifs is 1. The van der Waals surface area contributed by atoms with Gasteiger partial charge in [-0.2, -0.15) is 0 Å². The Morgan fingerprint density at radius 1 is 1.29 bits per heavy atom. The smallest absolute Gasteiger partial charge is 0.137 e. The largest absolute Gasteiger partial charge is 0.389 e. The molecule has 3 rings (SSSR count). The minimum atomic E-state index is 0.725. The lowest BCUT2D eigenvalue weighted by molar-refractivity contribution is 1.32. The van der Waals surface area contributed by atoms with Crippen LogP contribution in [0.3, 0.4) is 0 Å². The molecule has 3 heterocycles. The van der Waals surface area contributed by atoms with Gasteiger partial charge in [-0.3, -0.25) is 0 Å². The van der Waals surface area contributed by atoms with Gasteiger partial charge in [-0.25, -0.2) is 9.97 Å². The van der Waals surface area contributed by atoms with Gasteiger partial charge in [0.2, 0.25) is 0 Å². The SMILES string of the molecule is CC.Nc1cnc(-c2c[nH]c3ncccc23)s1. The first-order valence-corrected chi connectivity index (χ1v) is 6.30. The maximum Gasteiger partial charge on any atom is 0.137 e. The monoisotopic (exact) mass is 246 g/mol. The summed E-state index contributed by atoms with van der Waals surface area (Å²) in [5.74, 6) is 0. The topological polar surface area (TPSA) is 67.6 Å². The number of nitrogens with zero attached hydrogens (tertiary/aromatic N) is 2. The van der Waals surface area contributed by atoms with E-state index in [-0.39, 0.29) is 0 Å². The lowest BCUT2D eigenvalue weighted by Crippen LogP contribution is -1.74. The summed E-state index contributed by atoms with van der Waals surface area (Å²) in [7, 11) is 0. The minimum absolute atomic E-state index is 0.725. The van der Waals surface area contributed by atoms with Crippen molar-refractivity contribution in [2.75, 3.05) is 5.73 Å². The average molecular weight is 246 g/mol. The number of anilines is 1. The molecule has 0 fully saturated rings. The molecule has 0 unspecified atom stereocenters. The zero-order valence-corrected chi connectivity index (χ0v) is 10.6. The molecule has 3 N–H and O–H groups in total. The van der Waals surface area contributed by atoms with Gasteiger partial charge in [0.15, 0.2) is 0 Å². The summed E-state index contributed by atoms with van der Waals surface area (Å²) in [6, 6.07) is 3.93. The van der Waals surface area contributed by atoms with E-state index in [2.05, 4.69) is 15.0 Å². The first-order valence-electron chi connectivity index (χ1n) is 5.48. The van der Waals surface area contributed by atoms with E-state index in [9.17, 15) is 0 Å². The molecule has 0 saturated heterocycles.